The Hall–Kier alpha value is -0.710. The van der Waals surface area contributed by atoms with Crippen LogP contribution in [0.4, 0.5) is 0 Å². The molecule has 2 aromatic rings. The average molecular weight is 283 g/mol. The largest absolute Gasteiger partial charge is 0.308 e. The molecule has 1 N–H and O–H groups in total. The summed E-state index contributed by atoms with van der Waals surface area (Å²) in [6.45, 7) is 1.77. The molecule has 15 heavy (non-hydrogen) atoms. The number of pyridine rings is 1. The summed E-state index contributed by atoms with van der Waals surface area (Å²) in [4.78, 5) is 5.41. The second-order valence-corrected chi connectivity index (χ2v) is 5.11. The first-order chi connectivity index (χ1) is 7.34. The van der Waals surface area contributed by atoms with Crippen molar-refractivity contribution in [2.75, 3.05) is 0 Å². The van der Waals surface area contributed by atoms with Gasteiger partial charge in [-0.3, -0.25) is 4.98 Å². The van der Waals surface area contributed by atoms with E-state index in [9.17, 15) is 0 Å². The summed E-state index contributed by atoms with van der Waals surface area (Å²) in [7, 11) is 0. The number of rotatable bonds is 4. The number of hydrogen-bond donors (Lipinski definition) is 1. The maximum Gasteiger partial charge on any atom is 0.0312 e. The summed E-state index contributed by atoms with van der Waals surface area (Å²) in [6.07, 6.45) is 3.68. The minimum Gasteiger partial charge on any atom is -0.308 e. The molecular formula is C11H11BrN2S. The van der Waals surface area contributed by atoms with E-state index >= 15 is 0 Å². The lowest BCUT2D eigenvalue weighted by atomic mass is 10.3. The fourth-order valence-electron chi connectivity index (χ4n) is 1.28. The van der Waals surface area contributed by atoms with Crippen molar-refractivity contribution in [3.63, 3.8) is 0 Å². The quantitative estimate of drug-likeness (QED) is 0.932. The van der Waals surface area contributed by atoms with Crippen LogP contribution in [-0.2, 0) is 13.1 Å². The van der Waals surface area contributed by atoms with E-state index in [1.165, 1.54) is 10.4 Å². The summed E-state index contributed by atoms with van der Waals surface area (Å²) < 4.78 is 1.16. The van der Waals surface area contributed by atoms with Gasteiger partial charge in [0.1, 0.15) is 0 Å². The zero-order valence-corrected chi connectivity index (χ0v) is 10.5. The van der Waals surface area contributed by atoms with E-state index in [1.807, 2.05) is 12.3 Å². The van der Waals surface area contributed by atoms with Crippen LogP contribution in [0.1, 0.15) is 10.4 Å². The van der Waals surface area contributed by atoms with Gasteiger partial charge in [0.15, 0.2) is 0 Å². The molecule has 0 amide bonds. The van der Waals surface area contributed by atoms with Crippen LogP contribution >= 0.6 is 27.3 Å². The standard InChI is InChI=1S/C11H11BrN2S/c12-10-4-11(15-8-10)7-14-6-9-2-1-3-13-5-9/h1-5,8,14H,6-7H2. The first kappa shape index (κ1) is 10.8. The second kappa shape index (κ2) is 5.39. The number of halogens is 1. The maximum absolute atomic E-state index is 4.07. The van der Waals surface area contributed by atoms with E-state index < -0.39 is 0 Å². The van der Waals surface area contributed by atoms with Gasteiger partial charge in [-0.05, 0) is 33.6 Å². The Balaban J connectivity index is 1.80. The molecule has 78 valence electrons. The van der Waals surface area contributed by atoms with Crippen molar-refractivity contribution < 1.29 is 0 Å². The van der Waals surface area contributed by atoms with E-state index in [4.69, 9.17) is 0 Å². The minimum absolute atomic E-state index is 0.864. The summed E-state index contributed by atoms with van der Waals surface area (Å²) in [5, 5.41) is 5.48. The molecule has 0 aliphatic carbocycles. The smallest absolute Gasteiger partial charge is 0.0312 e. The Labute approximate surface area is 101 Å². The molecular weight excluding hydrogens is 272 g/mol. The summed E-state index contributed by atoms with van der Waals surface area (Å²) >= 11 is 5.20. The molecule has 2 rings (SSSR count). The van der Waals surface area contributed by atoms with Crippen LogP contribution in [0.5, 0.6) is 0 Å². The normalized spacial score (nSPS) is 10.5. The zero-order valence-electron chi connectivity index (χ0n) is 8.11. The van der Waals surface area contributed by atoms with Crippen LogP contribution in [0, 0.1) is 0 Å². The Kier molecular flexibility index (Phi) is 3.88. The minimum atomic E-state index is 0.864. The lowest BCUT2D eigenvalue weighted by molar-refractivity contribution is 0.699. The molecule has 0 aliphatic heterocycles. The molecule has 0 atom stereocenters. The van der Waals surface area contributed by atoms with Crippen LogP contribution in [-0.4, -0.2) is 4.98 Å². The Morgan fingerprint density at radius 3 is 3.00 bits per heavy atom. The summed E-state index contributed by atoms with van der Waals surface area (Å²) in [6, 6.07) is 6.17. The highest BCUT2D eigenvalue weighted by atomic mass is 79.9. The Morgan fingerprint density at radius 1 is 1.40 bits per heavy atom. The zero-order chi connectivity index (χ0) is 10.5. The maximum atomic E-state index is 4.07. The van der Waals surface area contributed by atoms with Crippen LogP contribution in [0.3, 0.4) is 0 Å². The number of hydrogen-bond acceptors (Lipinski definition) is 3. The van der Waals surface area contributed by atoms with Gasteiger partial charge in [-0.2, -0.15) is 0 Å². The van der Waals surface area contributed by atoms with Crippen molar-refractivity contribution in [1.29, 1.82) is 0 Å². The third-order valence-corrected chi connectivity index (χ3v) is 3.67. The monoisotopic (exact) mass is 282 g/mol. The number of aromatic nitrogens is 1. The van der Waals surface area contributed by atoms with Gasteiger partial charge in [-0.15, -0.1) is 11.3 Å². The molecule has 2 nitrogen and oxygen atoms in total. The van der Waals surface area contributed by atoms with E-state index in [2.05, 4.69) is 43.7 Å². The average Bonchev–Trinajstić information content (AvgIpc) is 2.66. The highest BCUT2D eigenvalue weighted by molar-refractivity contribution is 9.10. The number of nitrogens with zero attached hydrogens (tertiary/aromatic N) is 1. The highest BCUT2D eigenvalue weighted by Crippen LogP contribution is 2.19. The fourth-order valence-corrected chi connectivity index (χ4v) is 2.70. The fraction of sp³-hybridized carbons (Fsp3) is 0.182. The first-order valence-electron chi connectivity index (χ1n) is 4.67. The van der Waals surface area contributed by atoms with Gasteiger partial charge in [0.05, 0.1) is 0 Å². The molecule has 0 saturated heterocycles. The molecule has 2 aromatic heterocycles. The second-order valence-electron chi connectivity index (χ2n) is 3.20. The lowest BCUT2D eigenvalue weighted by Gasteiger charge is -2.01. The third kappa shape index (κ3) is 3.41. The number of thiophene rings is 1. The predicted octanol–water partition coefficient (Wildman–Crippen LogP) is 3.20. The van der Waals surface area contributed by atoms with Crippen LogP contribution in [0.25, 0.3) is 0 Å². The van der Waals surface area contributed by atoms with Gasteiger partial charge in [0.25, 0.3) is 0 Å². The summed E-state index contributed by atoms with van der Waals surface area (Å²) in [5.41, 5.74) is 1.22. The molecule has 0 spiro atoms. The van der Waals surface area contributed by atoms with Crippen LogP contribution < -0.4 is 5.32 Å². The van der Waals surface area contributed by atoms with Gasteiger partial charge >= 0.3 is 0 Å². The van der Waals surface area contributed by atoms with Crippen molar-refractivity contribution in [2.24, 2.45) is 0 Å². The Morgan fingerprint density at radius 2 is 2.33 bits per heavy atom. The molecule has 0 bridgehead atoms. The van der Waals surface area contributed by atoms with E-state index in [-0.39, 0.29) is 0 Å². The van der Waals surface area contributed by atoms with Gasteiger partial charge < -0.3 is 5.32 Å². The van der Waals surface area contributed by atoms with Crippen LogP contribution in [0.2, 0.25) is 0 Å². The lowest BCUT2D eigenvalue weighted by Crippen LogP contribution is -2.11. The molecule has 0 aromatic carbocycles. The molecule has 0 aliphatic rings. The Bertz CT molecular complexity index is 414. The van der Waals surface area contributed by atoms with E-state index in [1.54, 1.807) is 17.5 Å². The van der Waals surface area contributed by atoms with Gasteiger partial charge in [0.2, 0.25) is 0 Å². The molecule has 0 saturated carbocycles. The van der Waals surface area contributed by atoms with Crippen LogP contribution in [0.15, 0.2) is 40.4 Å². The molecule has 0 fully saturated rings. The van der Waals surface area contributed by atoms with Gasteiger partial charge in [-0.1, -0.05) is 6.07 Å². The van der Waals surface area contributed by atoms with E-state index in [0.717, 1.165) is 17.6 Å². The summed E-state index contributed by atoms with van der Waals surface area (Å²) in [5.74, 6) is 0. The van der Waals surface area contributed by atoms with Gasteiger partial charge in [-0.25, -0.2) is 0 Å². The van der Waals surface area contributed by atoms with Crippen molar-refractivity contribution >= 4 is 27.3 Å². The molecule has 0 radical (unpaired) electrons. The first-order valence-corrected chi connectivity index (χ1v) is 6.34. The van der Waals surface area contributed by atoms with Gasteiger partial charge in [0, 0.05) is 40.2 Å². The van der Waals surface area contributed by atoms with Crippen molar-refractivity contribution in [1.82, 2.24) is 10.3 Å². The van der Waals surface area contributed by atoms with Crippen molar-refractivity contribution in [3.8, 4) is 0 Å². The number of nitrogens with one attached hydrogen (secondary N) is 1. The van der Waals surface area contributed by atoms with Crippen molar-refractivity contribution in [2.45, 2.75) is 13.1 Å². The topological polar surface area (TPSA) is 24.9 Å². The molecule has 0 unspecified atom stereocenters. The predicted molar refractivity (Wildman–Crippen MR) is 66.8 cm³/mol. The van der Waals surface area contributed by atoms with E-state index in [0.29, 0.717) is 0 Å². The SMILES string of the molecule is Brc1csc(CNCc2cccnc2)c1. The van der Waals surface area contributed by atoms with Crippen molar-refractivity contribution in [3.05, 3.63) is 50.9 Å². The molecule has 2 heterocycles. The highest BCUT2D eigenvalue weighted by Gasteiger charge is 1.97. The third-order valence-electron chi connectivity index (χ3n) is 1.97. The molecule has 4 heteroatoms.